The summed E-state index contributed by atoms with van der Waals surface area (Å²) in [6.07, 6.45) is 0. The van der Waals surface area contributed by atoms with E-state index in [-0.39, 0.29) is 6.61 Å². The second-order valence-electron chi connectivity index (χ2n) is 2.13. The molecule has 1 radical (unpaired) electrons. The second kappa shape index (κ2) is 4.35. The third-order valence-electron chi connectivity index (χ3n) is 1.38. The maximum Gasteiger partial charge on any atom is 0.569 e. The van der Waals surface area contributed by atoms with Gasteiger partial charge in [-0.05, 0) is 12.1 Å². The monoisotopic (exact) mass is 185 g/mol. The van der Waals surface area contributed by atoms with Crippen LogP contribution < -0.4 is 4.65 Å². The minimum atomic E-state index is -0.152. The standard InChI is InChI=1S/C7H7BClO3/c9-6-2-1-5(4-10)7(3-6)12-8-11/h1-3,10-11H,4H2. The van der Waals surface area contributed by atoms with E-state index in [4.69, 9.17) is 26.4 Å². The number of halogens is 1. The summed E-state index contributed by atoms with van der Waals surface area (Å²) in [6.45, 7) is -0.152. The van der Waals surface area contributed by atoms with Crippen LogP contribution in [0, 0.1) is 0 Å². The summed E-state index contributed by atoms with van der Waals surface area (Å²) >= 11 is 5.65. The lowest BCUT2D eigenvalue weighted by atomic mass is 10.2. The van der Waals surface area contributed by atoms with Gasteiger partial charge in [-0.25, -0.2) is 0 Å². The van der Waals surface area contributed by atoms with Crippen molar-refractivity contribution >= 4 is 19.3 Å². The molecule has 1 aromatic carbocycles. The first-order chi connectivity index (χ1) is 5.77. The van der Waals surface area contributed by atoms with Crippen LogP contribution in [0.5, 0.6) is 5.75 Å². The molecule has 0 aliphatic rings. The Balaban J connectivity index is 2.95. The Morgan fingerprint density at radius 3 is 2.83 bits per heavy atom. The molecule has 2 N–H and O–H groups in total. The Bertz CT molecular complexity index is 267. The van der Waals surface area contributed by atoms with Crippen molar-refractivity contribution in [3.05, 3.63) is 28.8 Å². The van der Waals surface area contributed by atoms with Gasteiger partial charge in [0.05, 0.1) is 6.61 Å². The van der Waals surface area contributed by atoms with E-state index in [9.17, 15) is 0 Å². The summed E-state index contributed by atoms with van der Waals surface area (Å²) < 4.78 is 4.69. The maximum atomic E-state index is 8.82. The first-order valence-electron chi connectivity index (χ1n) is 3.29. The molecule has 63 valence electrons. The highest BCUT2D eigenvalue weighted by Gasteiger charge is 2.03. The first-order valence-corrected chi connectivity index (χ1v) is 3.67. The van der Waals surface area contributed by atoms with E-state index in [1.54, 1.807) is 12.1 Å². The molecular formula is C7H7BClO3. The average molecular weight is 185 g/mol. The first kappa shape index (κ1) is 9.38. The second-order valence-corrected chi connectivity index (χ2v) is 2.57. The lowest BCUT2D eigenvalue weighted by Gasteiger charge is -2.06. The normalized spacial score (nSPS) is 9.58. The molecule has 0 aliphatic carbocycles. The molecule has 0 unspecified atom stereocenters. The van der Waals surface area contributed by atoms with E-state index in [2.05, 4.69) is 0 Å². The molecule has 1 aromatic rings. The van der Waals surface area contributed by atoms with Crippen molar-refractivity contribution in [1.82, 2.24) is 0 Å². The Hall–Kier alpha value is -0.705. The molecule has 0 aliphatic heterocycles. The lowest BCUT2D eigenvalue weighted by molar-refractivity contribution is 0.277. The molecule has 0 amide bonds. The third-order valence-corrected chi connectivity index (χ3v) is 1.61. The van der Waals surface area contributed by atoms with Crippen molar-refractivity contribution < 1.29 is 14.8 Å². The fourth-order valence-corrected chi connectivity index (χ4v) is 0.988. The fourth-order valence-electron chi connectivity index (χ4n) is 0.825. The van der Waals surface area contributed by atoms with Gasteiger partial charge in [-0.3, -0.25) is 0 Å². The van der Waals surface area contributed by atoms with Crippen LogP contribution in [0.2, 0.25) is 5.02 Å². The number of hydrogen-bond acceptors (Lipinski definition) is 3. The van der Waals surface area contributed by atoms with Crippen LogP contribution in [-0.4, -0.2) is 17.8 Å². The predicted molar refractivity (Wildman–Crippen MR) is 46.0 cm³/mol. The molecule has 3 nitrogen and oxygen atoms in total. The van der Waals surface area contributed by atoms with Crippen molar-refractivity contribution in [1.29, 1.82) is 0 Å². The Kier molecular flexibility index (Phi) is 3.40. The van der Waals surface area contributed by atoms with E-state index in [0.29, 0.717) is 24.0 Å². The van der Waals surface area contributed by atoms with Crippen molar-refractivity contribution in [2.24, 2.45) is 0 Å². The number of aliphatic hydroxyl groups is 1. The summed E-state index contributed by atoms with van der Waals surface area (Å²) in [5.74, 6) is 0.354. The van der Waals surface area contributed by atoms with Crippen LogP contribution in [0.25, 0.3) is 0 Å². The SMILES string of the molecule is O[B]Oc1cc(Cl)ccc1CO. The largest absolute Gasteiger partial charge is 0.569 e. The molecule has 0 saturated carbocycles. The van der Waals surface area contributed by atoms with Gasteiger partial charge in [0.1, 0.15) is 5.75 Å². The average Bonchev–Trinajstić information content (AvgIpc) is 2.05. The van der Waals surface area contributed by atoms with E-state index >= 15 is 0 Å². The molecule has 0 spiro atoms. The molecule has 0 atom stereocenters. The molecule has 12 heavy (non-hydrogen) atoms. The smallest absolute Gasteiger partial charge is 0.537 e. The summed E-state index contributed by atoms with van der Waals surface area (Å²) in [5, 5.41) is 17.7. The van der Waals surface area contributed by atoms with Crippen molar-refractivity contribution in [3.8, 4) is 5.75 Å². The highest BCUT2D eigenvalue weighted by Crippen LogP contribution is 2.22. The number of aliphatic hydroxyl groups excluding tert-OH is 1. The molecular weight excluding hydrogens is 178 g/mol. The zero-order valence-electron chi connectivity index (χ0n) is 6.20. The van der Waals surface area contributed by atoms with E-state index in [1.165, 1.54) is 6.07 Å². The molecule has 1 rings (SSSR count). The van der Waals surface area contributed by atoms with Gasteiger partial charge in [-0.1, -0.05) is 17.7 Å². The van der Waals surface area contributed by atoms with Crippen molar-refractivity contribution in [3.63, 3.8) is 0 Å². The molecule has 0 aromatic heterocycles. The lowest BCUT2D eigenvalue weighted by Crippen LogP contribution is -2.02. The highest BCUT2D eigenvalue weighted by molar-refractivity contribution is 6.30. The van der Waals surface area contributed by atoms with E-state index in [1.807, 2.05) is 0 Å². The summed E-state index contributed by atoms with van der Waals surface area (Å²) in [7, 11) is 0.546. The zero-order valence-corrected chi connectivity index (χ0v) is 6.95. The Morgan fingerprint density at radius 1 is 1.50 bits per heavy atom. The van der Waals surface area contributed by atoms with Gasteiger partial charge in [0.2, 0.25) is 0 Å². The van der Waals surface area contributed by atoms with Gasteiger partial charge in [0.25, 0.3) is 0 Å². The van der Waals surface area contributed by atoms with Crippen LogP contribution in [-0.2, 0) is 6.61 Å². The molecule has 5 heteroatoms. The van der Waals surface area contributed by atoms with Gasteiger partial charge in [0, 0.05) is 10.6 Å². The Labute approximate surface area is 75.9 Å². The molecule has 0 heterocycles. The van der Waals surface area contributed by atoms with Gasteiger partial charge >= 0.3 is 7.69 Å². The maximum absolute atomic E-state index is 8.82. The topological polar surface area (TPSA) is 49.7 Å². The summed E-state index contributed by atoms with van der Waals surface area (Å²) in [6, 6.07) is 4.78. The predicted octanol–water partition coefficient (Wildman–Crippen LogP) is 0.738. The van der Waals surface area contributed by atoms with Crippen LogP contribution in [0.4, 0.5) is 0 Å². The summed E-state index contributed by atoms with van der Waals surface area (Å²) in [4.78, 5) is 0. The third kappa shape index (κ3) is 2.14. The minimum absolute atomic E-state index is 0.152. The van der Waals surface area contributed by atoms with E-state index < -0.39 is 0 Å². The van der Waals surface area contributed by atoms with Crippen LogP contribution >= 0.6 is 11.6 Å². The van der Waals surface area contributed by atoms with Crippen molar-refractivity contribution in [2.75, 3.05) is 0 Å². The van der Waals surface area contributed by atoms with Crippen LogP contribution in [0.1, 0.15) is 5.56 Å². The van der Waals surface area contributed by atoms with Crippen LogP contribution in [0.3, 0.4) is 0 Å². The van der Waals surface area contributed by atoms with E-state index in [0.717, 1.165) is 0 Å². The summed E-state index contributed by atoms with van der Waals surface area (Å²) in [5.41, 5.74) is 0.574. The molecule has 0 saturated heterocycles. The van der Waals surface area contributed by atoms with Crippen molar-refractivity contribution in [2.45, 2.75) is 6.61 Å². The van der Waals surface area contributed by atoms with Gasteiger partial charge in [0.15, 0.2) is 0 Å². The number of rotatable bonds is 3. The minimum Gasteiger partial charge on any atom is -0.537 e. The number of benzene rings is 1. The fraction of sp³-hybridized carbons (Fsp3) is 0.143. The molecule has 0 fully saturated rings. The molecule has 0 bridgehead atoms. The van der Waals surface area contributed by atoms with Gasteiger partial charge < -0.3 is 14.8 Å². The number of hydrogen-bond donors (Lipinski definition) is 2. The quantitative estimate of drug-likeness (QED) is 0.683. The van der Waals surface area contributed by atoms with Gasteiger partial charge in [-0.2, -0.15) is 0 Å². The Morgan fingerprint density at radius 2 is 2.25 bits per heavy atom. The van der Waals surface area contributed by atoms with Crippen LogP contribution in [0.15, 0.2) is 18.2 Å². The van der Waals surface area contributed by atoms with Gasteiger partial charge in [-0.15, -0.1) is 0 Å². The highest BCUT2D eigenvalue weighted by atomic mass is 35.5. The zero-order chi connectivity index (χ0) is 8.97.